The molecule has 0 amide bonds. The van der Waals surface area contributed by atoms with Crippen molar-refractivity contribution >= 4 is 0 Å². The standard InChI is InChI=1S/C15H11F5O/c1-6-3-7(2)5-8(4-6)15(21)9-10(16)12(18)14(20)13(19)11(9)17/h3-5,15,21H,1-2H3. The number of aryl methyl sites for hydroxylation is 2. The average Bonchev–Trinajstić information content (AvgIpc) is 2.42. The van der Waals surface area contributed by atoms with E-state index in [9.17, 15) is 27.1 Å². The lowest BCUT2D eigenvalue weighted by Crippen LogP contribution is -2.12. The SMILES string of the molecule is Cc1cc(C)cc(C(O)c2c(F)c(F)c(F)c(F)c2F)c1. The van der Waals surface area contributed by atoms with E-state index in [0.29, 0.717) is 11.1 Å². The molecular weight excluding hydrogens is 291 g/mol. The van der Waals surface area contributed by atoms with Gasteiger partial charge in [-0.15, -0.1) is 0 Å². The molecule has 0 bridgehead atoms. The maximum atomic E-state index is 13.7. The summed E-state index contributed by atoms with van der Waals surface area (Å²) in [5, 5.41) is 10.0. The summed E-state index contributed by atoms with van der Waals surface area (Å²) in [6.07, 6.45) is -1.95. The third-order valence-corrected chi connectivity index (χ3v) is 3.08. The first-order valence-corrected chi connectivity index (χ1v) is 6.01. The highest BCUT2D eigenvalue weighted by atomic mass is 19.2. The second-order valence-corrected chi connectivity index (χ2v) is 4.81. The zero-order valence-corrected chi connectivity index (χ0v) is 11.1. The van der Waals surface area contributed by atoms with Gasteiger partial charge in [-0.3, -0.25) is 0 Å². The van der Waals surface area contributed by atoms with Crippen molar-refractivity contribution in [2.75, 3.05) is 0 Å². The number of halogens is 5. The molecule has 1 unspecified atom stereocenters. The quantitative estimate of drug-likeness (QED) is 0.503. The van der Waals surface area contributed by atoms with Gasteiger partial charge in [-0.05, 0) is 19.4 Å². The number of hydrogen-bond acceptors (Lipinski definition) is 1. The summed E-state index contributed by atoms with van der Waals surface area (Å²) in [6, 6.07) is 4.57. The van der Waals surface area contributed by atoms with Gasteiger partial charge in [0.2, 0.25) is 5.82 Å². The molecule has 0 heterocycles. The number of aliphatic hydroxyl groups excluding tert-OH is 1. The predicted molar refractivity (Wildman–Crippen MR) is 66.2 cm³/mol. The van der Waals surface area contributed by atoms with Crippen LogP contribution < -0.4 is 0 Å². The third kappa shape index (κ3) is 2.63. The molecule has 2 rings (SSSR count). The minimum atomic E-state index is -2.25. The fourth-order valence-electron chi connectivity index (χ4n) is 2.20. The van der Waals surface area contributed by atoms with Crippen LogP contribution in [0.15, 0.2) is 18.2 Å². The molecular formula is C15H11F5O. The Labute approximate surface area is 117 Å². The number of aliphatic hydroxyl groups is 1. The van der Waals surface area contributed by atoms with Crippen LogP contribution in [-0.2, 0) is 0 Å². The van der Waals surface area contributed by atoms with Crippen molar-refractivity contribution in [1.29, 1.82) is 0 Å². The molecule has 0 spiro atoms. The van der Waals surface area contributed by atoms with E-state index in [2.05, 4.69) is 0 Å². The van der Waals surface area contributed by atoms with Crippen molar-refractivity contribution in [3.8, 4) is 0 Å². The maximum Gasteiger partial charge on any atom is 0.200 e. The zero-order valence-electron chi connectivity index (χ0n) is 11.1. The monoisotopic (exact) mass is 302 g/mol. The molecule has 2 aromatic rings. The molecule has 0 aromatic heterocycles. The Kier molecular flexibility index (Phi) is 4.00. The topological polar surface area (TPSA) is 20.2 Å². The van der Waals surface area contributed by atoms with Crippen LogP contribution in [0.2, 0.25) is 0 Å². The summed E-state index contributed by atoms with van der Waals surface area (Å²) in [5.74, 6) is -10.5. The van der Waals surface area contributed by atoms with E-state index >= 15 is 0 Å². The van der Waals surface area contributed by atoms with Crippen LogP contribution in [-0.4, -0.2) is 5.11 Å². The zero-order chi connectivity index (χ0) is 15.9. The molecule has 0 saturated heterocycles. The number of rotatable bonds is 2. The highest BCUT2D eigenvalue weighted by molar-refractivity contribution is 5.37. The number of hydrogen-bond donors (Lipinski definition) is 1. The molecule has 0 saturated carbocycles. The molecule has 0 radical (unpaired) electrons. The fraction of sp³-hybridized carbons (Fsp3) is 0.200. The Bertz CT molecular complexity index is 662. The van der Waals surface area contributed by atoms with Crippen molar-refractivity contribution < 1.29 is 27.1 Å². The van der Waals surface area contributed by atoms with Gasteiger partial charge in [0, 0.05) is 0 Å². The van der Waals surface area contributed by atoms with Gasteiger partial charge in [-0.25, -0.2) is 22.0 Å². The van der Waals surface area contributed by atoms with Crippen LogP contribution in [0.4, 0.5) is 22.0 Å². The van der Waals surface area contributed by atoms with Gasteiger partial charge >= 0.3 is 0 Å². The minimum Gasteiger partial charge on any atom is -0.383 e. The Morgan fingerprint density at radius 1 is 0.714 bits per heavy atom. The smallest absolute Gasteiger partial charge is 0.200 e. The highest BCUT2D eigenvalue weighted by Crippen LogP contribution is 2.32. The predicted octanol–water partition coefficient (Wildman–Crippen LogP) is 4.08. The molecule has 2 aromatic carbocycles. The molecule has 0 aliphatic heterocycles. The Balaban J connectivity index is 2.66. The molecule has 1 N–H and O–H groups in total. The van der Waals surface area contributed by atoms with Gasteiger partial charge in [-0.1, -0.05) is 29.3 Å². The van der Waals surface area contributed by atoms with Crippen LogP contribution in [0.5, 0.6) is 0 Å². The van der Waals surface area contributed by atoms with Crippen LogP contribution in [0.25, 0.3) is 0 Å². The van der Waals surface area contributed by atoms with Crippen LogP contribution in [0.3, 0.4) is 0 Å². The first-order chi connectivity index (χ1) is 9.73. The summed E-state index contributed by atoms with van der Waals surface area (Å²) < 4.78 is 66.6. The normalized spacial score (nSPS) is 12.6. The van der Waals surface area contributed by atoms with E-state index in [1.807, 2.05) is 0 Å². The lowest BCUT2D eigenvalue weighted by molar-refractivity contribution is 0.202. The van der Waals surface area contributed by atoms with E-state index in [0.717, 1.165) is 0 Å². The molecule has 21 heavy (non-hydrogen) atoms. The largest absolute Gasteiger partial charge is 0.383 e. The van der Waals surface area contributed by atoms with Gasteiger partial charge in [0.05, 0.1) is 5.56 Å². The minimum absolute atomic E-state index is 0.0516. The van der Waals surface area contributed by atoms with Gasteiger partial charge in [0.1, 0.15) is 6.10 Å². The van der Waals surface area contributed by atoms with Crippen molar-refractivity contribution in [2.45, 2.75) is 20.0 Å². The summed E-state index contributed by atoms with van der Waals surface area (Å²) >= 11 is 0. The van der Waals surface area contributed by atoms with E-state index in [1.54, 1.807) is 19.9 Å². The summed E-state index contributed by atoms with van der Waals surface area (Å²) in [7, 11) is 0. The number of benzene rings is 2. The molecule has 1 nitrogen and oxygen atoms in total. The molecule has 1 atom stereocenters. The van der Waals surface area contributed by atoms with Crippen LogP contribution in [0.1, 0.15) is 28.4 Å². The molecule has 6 heteroatoms. The van der Waals surface area contributed by atoms with Crippen molar-refractivity contribution in [3.05, 3.63) is 69.5 Å². The average molecular weight is 302 g/mol. The van der Waals surface area contributed by atoms with Gasteiger partial charge in [0.25, 0.3) is 0 Å². The van der Waals surface area contributed by atoms with Crippen molar-refractivity contribution in [1.82, 2.24) is 0 Å². The van der Waals surface area contributed by atoms with E-state index < -0.39 is 40.8 Å². The second kappa shape index (κ2) is 5.44. The third-order valence-electron chi connectivity index (χ3n) is 3.08. The molecule has 112 valence electrons. The first kappa shape index (κ1) is 15.4. The fourth-order valence-corrected chi connectivity index (χ4v) is 2.20. The van der Waals surface area contributed by atoms with Gasteiger partial charge in [-0.2, -0.15) is 0 Å². The molecule has 0 fully saturated rings. The molecule has 0 aliphatic rings. The van der Waals surface area contributed by atoms with E-state index in [4.69, 9.17) is 0 Å². The lowest BCUT2D eigenvalue weighted by Gasteiger charge is -2.16. The summed E-state index contributed by atoms with van der Waals surface area (Å²) in [4.78, 5) is 0. The Morgan fingerprint density at radius 2 is 1.10 bits per heavy atom. The first-order valence-electron chi connectivity index (χ1n) is 6.01. The van der Waals surface area contributed by atoms with Crippen LogP contribution in [0, 0.1) is 42.9 Å². The van der Waals surface area contributed by atoms with Crippen LogP contribution >= 0.6 is 0 Å². The maximum absolute atomic E-state index is 13.7. The summed E-state index contributed by atoms with van der Waals surface area (Å²) in [5.41, 5.74) is 0.174. The van der Waals surface area contributed by atoms with Crippen molar-refractivity contribution in [3.63, 3.8) is 0 Å². The highest BCUT2D eigenvalue weighted by Gasteiger charge is 2.30. The van der Waals surface area contributed by atoms with Crippen molar-refractivity contribution in [2.24, 2.45) is 0 Å². The van der Waals surface area contributed by atoms with E-state index in [1.165, 1.54) is 12.1 Å². The second-order valence-electron chi connectivity index (χ2n) is 4.81. The Morgan fingerprint density at radius 3 is 1.52 bits per heavy atom. The summed E-state index contributed by atoms with van der Waals surface area (Å²) in [6.45, 7) is 3.36. The Hall–Kier alpha value is -1.95. The van der Waals surface area contributed by atoms with E-state index in [-0.39, 0.29) is 5.56 Å². The van der Waals surface area contributed by atoms with Gasteiger partial charge < -0.3 is 5.11 Å². The lowest BCUT2D eigenvalue weighted by atomic mass is 9.97. The molecule has 0 aliphatic carbocycles. The van der Waals surface area contributed by atoms with Gasteiger partial charge in [0.15, 0.2) is 23.3 Å².